The Kier molecular flexibility index (Phi) is 5.65. The van der Waals surface area contributed by atoms with Crippen LogP contribution in [0.3, 0.4) is 0 Å². The van der Waals surface area contributed by atoms with E-state index in [1.807, 2.05) is 24.3 Å². The molecule has 0 fully saturated rings. The van der Waals surface area contributed by atoms with Gasteiger partial charge in [-0.3, -0.25) is 0 Å². The van der Waals surface area contributed by atoms with Crippen molar-refractivity contribution in [3.8, 4) is 17.2 Å². The second-order valence-corrected chi connectivity index (χ2v) is 9.84. The summed E-state index contributed by atoms with van der Waals surface area (Å²) in [6.07, 6.45) is 0. The van der Waals surface area contributed by atoms with Crippen LogP contribution in [0.4, 0.5) is 0 Å². The van der Waals surface area contributed by atoms with Gasteiger partial charge in [0.15, 0.2) is 6.61 Å². The maximum atomic E-state index is 11.3. The number of esters is 1. The summed E-state index contributed by atoms with van der Waals surface area (Å²) in [5, 5.41) is 0. The third-order valence-electron chi connectivity index (χ3n) is 2.11. The lowest BCUT2D eigenvalue weighted by atomic mass is 10.2. The monoisotopic (exact) mass is 276 g/mol. The SMILES string of the molecule is CCOC(=O)COc1ccccc1C#C[Si](C)(C)C. The van der Waals surface area contributed by atoms with E-state index in [1.165, 1.54) is 0 Å². The highest BCUT2D eigenvalue weighted by Crippen LogP contribution is 2.17. The van der Waals surface area contributed by atoms with Gasteiger partial charge in [-0.1, -0.05) is 37.7 Å². The molecule has 0 aliphatic heterocycles. The van der Waals surface area contributed by atoms with Crippen molar-refractivity contribution in [2.24, 2.45) is 0 Å². The predicted octanol–water partition coefficient (Wildman–Crippen LogP) is 2.86. The van der Waals surface area contributed by atoms with E-state index in [2.05, 4.69) is 31.1 Å². The van der Waals surface area contributed by atoms with Crippen LogP contribution in [0.25, 0.3) is 0 Å². The highest BCUT2D eigenvalue weighted by Gasteiger charge is 2.09. The van der Waals surface area contributed by atoms with E-state index in [0.717, 1.165) is 5.56 Å². The Bertz CT molecular complexity index is 492. The van der Waals surface area contributed by atoms with Crippen LogP contribution in [0, 0.1) is 11.5 Å². The first-order valence-electron chi connectivity index (χ1n) is 6.33. The van der Waals surface area contributed by atoms with Crippen LogP contribution in [0.5, 0.6) is 5.75 Å². The summed E-state index contributed by atoms with van der Waals surface area (Å²) in [6.45, 7) is 8.59. The van der Waals surface area contributed by atoms with E-state index in [0.29, 0.717) is 12.4 Å². The molecule has 0 saturated heterocycles. The van der Waals surface area contributed by atoms with Gasteiger partial charge in [0.25, 0.3) is 0 Å². The van der Waals surface area contributed by atoms with Crippen LogP contribution < -0.4 is 4.74 Å². The Morgan fingerprint density at radius 3 is 2.58 bits per heavy atom. The first kappa shape index (κ1) is 15.3. The van der Waals surface area contributed by atoms with E-state index in [1.54, 1.807) is 6.92 Å². The molecule has 0 atom stereocenters. The van der Waals surface area contributed by atoms with Crippen molar-refractivity contribution in [1.82, 2.24) is 0 Å². The van der Waals surface area contributed by atoms with E-state index < -0.39 is 8.07 Å². The van der Waals surface area contributed by atoms with Gasteiger partial charge in [0.05, 0.1) is 12.2 Å². The fourth-order valence-electron chi connectivity index (χ4n) is 1.29. The summed E-state index contributed by atoms with van der Waals surface area (Å²) in [7, 11) is -1.43. The van der Waals surface area contributed by atoms with Crippen LogP contribution in [-0.2, 0) is 9.53 Å². The molecule has 1 aromatic carbocycles. The maximum absolute atomic E-state index is 11.3. The summed E-state index contributed by atoms with van der Waals surface area (Å²) in [5.74, 6) is 3.40. The molecule has 0 aromatic heterocycles. The second kappa shape index (κ2) is 7.00. The van der Waals surface area contributed by atoms with Crippen molar-refractivity contribution in [2.45, 2.75) is 26.6 Å². The summed E-state index contributed by atoms with van der Waals surface area (Å²) < 4.78 is 10.3. The molecule has 1 aromatic rings. The molecule has 3 nitrogen and oxygen atoms in total. The van der Waals surface area contributed by atoms with Crippen molar-refractivity contribution in [2.75, 3.05) is 13.2 Å². The van der Waals surface area contributed by atoms with Gasteiger partial charge in [-0.25, -0.2) is 4.79 Å². The Morgan fingerprint density at radius 2 is 1.95 bits per heavy atom. The second-order valence-electron chi connectivity index (χ2n) is 5.09. The smallest absolute Gasteiger partial charge is 0.344 e. The largest absolute Gasteiger partial charge is 0.481 e. The van der Waals surface area contributed by atoms with Gasteiger partial charge in [-0.05, 0) is 19.1 Å². The predicted molar refractivity (Wildman–Crippen MR) is 78.8 cm³/mol. The first-order chi connectivity index (χ1) is 8.92. The molecule has 0 aliphatic rings. The van der Waals surface area contributed by atoms with Crippen LogP contribution in [0.1, 0.15) is 12.5 Å². The van der Waals surface area contributed by atoms with Crippen molar-refractivity contribution < 1.29 is 14.3 Å². The number of carbonyl (C=O) groups excluding carboxylic acids is 1. The number of para-hydroxylation sites is 1. The average Bonchev–Trinajstić information content (AvgIpc) is 2.34. The van der Waals surface area contributed by atoms with Crippen molar-refractivity contribution in [3.63, 3.8) is 0 Å². The number of ether oxygens (including phenoxy) is 2. The van der Waals surface area contributed by atoms with Crippen molar-refractivity contribution in [1.29, 1.82) is 0 Å². The summed E-state index contributed by atoms with van der Waals surface area (Å²) in [6, 6.07) is 7.48. The zero-order valence-electron chi connectivity index (χ0n) is 11.9. The van der Waals surface area contributed by atoms with Gasteiger partial charge in [-0.15, -0.1) is 5.54 Å². The Hall–Kier alpha value is -1.73. The van der Waals surface area contributed by atoms with E-state index in [4.69, 9.17) is 9.47 Å². The molecule has 19 heavy (non-hydrogen) atoms. The van der Waals surface area contributed by atoms with Crippen LogP contribution in [0.15, 0.2) is 24.3 Å². The molecule has 4 heteroatoms. The summed E-state index contributed by atoms with van der Waals surface area (Å²) in [4.78, 5) is 11.3. The van der Waals surface area contributed by atoms with E-state index >= 15 is 0 Å². The number of rotatable bonds is 4. The molecular formula is C15H20O3Si. The van der Waals surface area contributed by atoms with Gasteiger partial charge in [0.2, 0.25) is 0 Å². The van der Waals surface area contributed by atoms with Crippen LogP contribution in [0.2, 0.25) is 19.6 Å². The van der Waals surface area contributed by atoms with Crippen molar-refractivity contribution in [3.05, 3.63) is 29.8 Å². The molecule has 0 radical (unpaired) electrons. The Morgan fingerprint density at radius 1 is 1.26 bits per heavy atom. The van der Waals surface area contributed by atoms with Gasteiger partial charge in [0, 0.05) is 0 Å². The fourth-order valence-corrected chi connectivity index (χ4v) is 1.80. The lowest BCUT2D eigenvalue weighted by molar-refractivity contribution is -0.145. The third kappa shape index (κ3) is 6.12. The normalized spacial score (nSPS) is 10.3. The molecule has 0 unspecified atom stereocenters. The Labute approximate surface area is 115 Å². The van der Waals surface area contributed by atoms with E-state index in [-0.39, 0.29) is 12.6 Å². The van der Waals surface area contributed by atoms with Gasteiger partial charge < -0.3 is 9.47 Å². The zero-order valence-corrected chi connectivity index (χ0v) is 12.9. The summed E-state index contributed by atoms with van der Waals surface area (Å²) in [5.41, 5.74) is 4.10. The van der Waals surface area contributed by atoms with Gasteiger partial charge >= 0.3 is 5.97 Å². The Balaban J connectivity index is 2.78. The quantitative estimate of drug-likeness (QED) is 0.482. The molecule has 0 saturated carbocycles. The number of carbonyl (C=O) groups is 1. The number of hydrogen-bond acceptors (Lipinski definition) is 3. The topological polar surface area (TPSA) is 35.5 Å². The maximum Gasteiger partial charge on any atom is 0.344 e. The molecule has 0 heterocycles. The molecule has 0 N–H and O–H groups in total. The van der Waals surface area contributed by atoms with Gasteiger partial charge in [-0.2, -0.15) is 0 Å². The average molecular weight is 276 g/mol. The standard InChI is InChI=1S/C15H20O3Si/c1-5-17-15(16)12-18-14-9-7-6-8-13(14)10-11-19(2,3)4/h6-9H,5,12H2,1-4H3. The van der Waals surface area contributed by atoms with Crippen LogP contribution in [-0.4, -0.2) is 27.3 Å². The molecule has 102 valence electrons. The summed E-state index contributed by atoms with van der Waals surface area (Å²) >= 11 is 0. The van der Waals surface area contributed by atoms with Crippen LogP contribution >= 0.6 is 0 Å². The zero-order chi connectivity index (χ0) is 14.3. The highest BCUT2D eigenvalue weighted by molar-refractivity contribution is 6.83. The fraction of sp³-hybridized carbons (Fsp3) is 0.400. The van der Waals surface area contributed by atoms with E-state index in [9.17, 15) is 4.79 Å². The molecular weight excluding hydrogens is 256 g/mol. The molecule has 0 spiro atoms. The first-order valence-corrected chi connectivity index (χ1v) is 9.83. The molecule has 0 bridgehead atoms. The molecule has 0 aliphatic carbocycles. The number of benzene rings is 1. The minimum Gasteiger partial charge on any atom is -0.481 e. The number of hydrogen-bond donors (Lipinski definition) is 0. The minimum absolute atomic E-state index is 0.0838. The van der Waals surface area contributed by atoms with Crippen molar-refractivity contribution >= 4 is 14.0 Å². The minimum atomic E-state index is -1.43. The molecule has 0 amide bonds. The highest BCUT2D eigenvalue weighted by atomic mass is 28.3. The lowest BCUT2D eigenvalue weighted by Crippen LogP contribution is -2.16. The molecule has 1 rings (SSSR count). The van der Waals surface area contributed by atoms with Gasteiger partial charge in [0.1, 0.15) is 13.8 Å². The third-order valence-corrected chi connectivity index (χ3v) is 2.99. The lowest BCUT2D eigenvalue weighted by Gasteiger charge is -2.08.